The lowest BCUT2D eigenvalue weighted by Gasteiger charge is -2.32. The average molecular weight is 387 g/mol. The number of quaternary nitrogens is 1. The number of carbonyl (C=O) groups is 2. The first-order chi connectivity index (χ1) is 12.8. The molecule has 0 saturated carbocycles. The summed E-state index contributed by atoms with van der Waals surface area (Å²) in [5.41, 5.74) is 4.99. The monoisotopic (exact) mass is 387 g/mol. The molecule has 0 aliphatic carbocycles. The molecule has 1 saturated heterocycles. The minimum atomic E-state index is -4.33. The highest BCUT2D eigenvalue weighted by Gasteiger charge is 2.31. The highest BCUT2D eigenvalue weighted by Crippen LogP contribution is 2.29. The molecular weight excluding hydrogens is 361 g/mol. The summed E-state index contributed by atoms with van der Waals surface area (Å²) < 4.78 is 38.4. The Kier molecular flexibility index (Phi) is 7.46. The molecule has 9 heteroatoms. The van der Waals surface area contributed by atoms with E-state index in [1.807, 2.05) is 0 Å². The molecule has 0 radical (unpaired) electrons. The van der Waals surface area contributed by atoms with Crippen molar-refractivity contribution in [3.63, 3.8) is 0 Å². The van der Waals surface area contributed by atoms with Crippen molar-refractivity contribution in [2.45, 2.75) is 32.0 Å². The topological polar surface area (TPSA) is 79.9 Å². The van der Waals surface area contributed by atoms with Gasteiger partial charge in [0.05, 0.1) is 31.7 Å². The zero-order chi connectivity index (χ0) is 19.9. The molecule has 150 valence electrons. The summed E-state index contributed by atoms with van der Waals surface area (Å²) in [6.07, 6.45) is -2.54. The number of nitrogens with two attached hydrogens (primary N) is 1. The second-order valence-corrected chi connectivity index (χ2v) is 6.75. The third-order valence-corrected chi connectivity index (χ3v) is 4.65. The summed E-state index contributed by atoms with van der Waals surface area (Å²) in [7, 11) is 0. The molecule has 1 aliphatic rings. The van der Waals surface area contributed by atoms with Gasteiger partial charge in [0.15, 0.2) is 0 Å². The van der Waals surface area contributed by atoms with E-state index < -0.39 is 17.8 Å². The van der Waals surface area contributed by atoms with Gasteiger partial charge in [-0.3, -0.25) is 4.79 Å². The van der Waals surface area contributed by atoms with Crippen LogP contribution in [0.1, 0.15) is 30.4 Å². The second kappa shape index (κ2) is 9.59. The number of hydrogen-bond donors (Lipinski definition) is 3. The first-order valence-electron chi connectivity index (χ1n) is 9.06. The Balaban J connectivity index is 1.72. The van der Waals surface area contributed by atoms with Crippen molar-refractivity contribution in [2.24, 2.45) is 5.73 Å². The molecule has 1 aromatic carbocycles. The molecule has 0 spiro atoms. The van der Waals surface area contributed by atoms with E-state index in [0.717, 1.165) is 6.07 Å². The molecular formula is C18H26F3N4O2+. The van der Waals surface area contributed by atoms with E-state index in [4.69, 9.17) is 5.73 Å². The smallest absolute Gasteiger partial charge is 0.352 e. The number of halogens is 3. The van der Waals surface area contributed by atoms with Crippen molar-refractivity contribution in [1.29, 1.82) is 0 Å². The van der Waals surface area contributed by atoms with Crippen LogP contribution in [0.25, 0.3) is 0 Å². The van der Waals surface area contributed by atoms with E-state index in [-0.39, 0.29) is 5.91 Å². The summed E-state index contributed by atoms with van der Waals surface area (Å²) in [4.78, 5) is 25.7. The van der Waals surface area contributed by atoms with Gasteiger partial charge in [-0.2, -0.15) is 13.2 Å². The Morgan fingerprint density at radius 3 is 2.52 bits per heavy atom. The van der Waals surface area contributed by atoms with Gasteiger partial charge in [0.2, 0.25) is 5.91 Å². The maximum Gasteiger partial charge on any atom is 0.416 e. The number of primary amides is 1. The Morgan fingerprint density at radius 1 is 1.19 bits per heavy atom. The maximum absolute atomic E-state index is 12.8. The van der Waals surface area contributed by atoms with E-state index in [9.17, 15) is 22.8 Å². The number of unbranched alkanes of at least 4 members (excludes halogenated alkanes) is 1. The minimum Gasteiger partial charge on any atom is -0.352 e. The Labute approximate surface area is 156 Å². The lowest BCUT2D eigenvalue weighted by molar-refractivity contribution is -0.917. The molecule has 1 heterocycles. The van der Waals surface area contributed by atoms with E-state index in [1.54, 1.807) is 11.0 Å². The van der Waals surface area contributed by atoms with Crippen molar-refractivity contribution < 1.29 is 27.7 Å². The number of urea groups is 1. The van der Waals surface area contributed by atoms with E-state index in [1.165, 1.54) is 17.0 Å². The van der Waals surface area contributed by atoms with Gasteiger partial charge in [-0.15, -0.1) is 0 Å². The van der Waals surface area contributed by atoms with Crippen LogP contribution in [0.4, 0.5) is 18.0 Å². The number of benzene rings is 1. The summed E-state index contributed by atoms with van der Waals surface area (Å²) >= 11 is 0. The van der Waals surface area contributed by atoms with Crippen LogP contribution in [0.2, 0.25) is 0 Å². The van der Waals surface area contributed by atoms with Gasteiger partial charge in [0.1, 0.15) is 6.54 Å². The number of nitrogens with one attached hydrogen (secondary N) is 2. The summed E-state index contributed by atoms with van der Waals surface area (Å²) in [5.74, 6) is 0.0761. The van der Waals surface area contributed by atoms with Crippen LogP contribution in [-0.4, -0.2) is 49.6 Å². The molecule has 1 aromatic rings. The third kappa shape index (κ3) is 7.09. The number of hydrogen-bond acceptors (Lipinski definition) is 2. The number of rotatable bonds is 7. The highest BCUT2D eigenvalue weighted by molar-refractivity contribution is 5.76. The minimum absolute atomic E-state index is 0.0761. The van der Waals surface area contributed by atoms with E-state index in [0.29, 0.717) is 64.1 Å². The van der Waals surface area contributed by atoms with Crippen molar-refractivity contribution in [3.05, 3.63) is 35.4 Å². The van der Waals surface area contributed by atoms with Gasteiger partial charge in [-0.25, -0.2) is 4.79 Å². The molecule has 4 N–H and O–H groups in total. The predicted octanol–water partition coefficient (Wildman–Crippen LogP) is 0.771. The zero-order valence-corrected chi connectivity index (χ0v) is 15.1. The summed E-state index contributed by atoms with van der Waals surface area (Å²) in [6.45, 7) is 3.61. The quantitative estimate of drug-likeness (QED) is 0.605. The number of alkyl halides is 3. The van der Waals surface area contributed by atoms with Crippen molar-refractivity contribution in [1.82, 2.24) is 10.2 Å². The molecule has 0 unspecified atom stereocenters. The molecule has 0 bridgehead atoms. The molecule has 3 amide bonds. The van der Waals surface area contributed by atoms with Crippen molar-refractivity contribution >= 4 is 11.9 Å². The van der Waals surface area contributed by atoms with Gasteiger partial charge in [-0.05, 0) is 25.0 Å². The lowest BCUT2D eigenvalue weighted by atomic mass is 10.1. The van der Waals surface area contributed by atoms with Crippen LogP contribution in [0.15, 0.2) is 24.3 Å². The Morgan fingerprint density at radius 2 is 1.89 bits per heavy atom. The van der Waals surface area contributed by atoms with Gasteiger partial charge in [0, 0.05) is 18.5 Å². The lowest BCUT2D eigenvalue weighted by Crippen LogP contribution is -3.13. The molecule has 0 atom stereocenters. The fraction of sp³-hybridized carbons (Fsp3) is 0.556. The standard InChI is InChI=1S/C18H25F3N4O2/c19-18(20,21)15-5-3-4-14(12-15)13-24-8-10-25(11-9-24)16(26)6-1-2-7-23-17(22)27/h3-5,12H,1-2,6-11,13H2,(H3,22,23,27)/p+1. The number of nitrogens with zero attached hydrogens (tertiary/aromatic N) is 1. The number of amides is 3. The molecule has 27 heavy (non-hydrogen) atoms. The van der Waals surface area contributed by atoms with Gasteiger partial charge in [0.25, 0.3) is 0 Å². The molecule has 1 fully saturated rings. The van der Waals surface area contributed by atoms with Crippen LogP contribution in [0.5, 0.6) is 0 Å². The van der Waals surface area contributed by atoms with Crippen LogP contribution < -0.4 is 16.0 Å². The predicted molar refractivity (Wildman–Crippen MR) is 93.9 cm³/mol. The van der Waals surface area contributed by atoms with Crippen molar-refractivity contribution in [3.8, 4) is 0 Å². The summed E-state index contributed by atoms with van der Waals surface area (Å²) in [5, 5.41) is 2.48. The fourth-order valence-corrected chi connectivity index (χ4v) is 3.17. The SMILES string of the molecule is NC(=O)NCCCCC(=O)N1CC[NH+](Cc2cccc(C(F)(F)F)c2)CC1. The molecule has 2 rings (SSSR count). The van der Waals surface area contributed by atoms with Gasteiger partial charge < -0.3 is 20.9 Å². The van der Waals surface area contributed by atoms with Gasteiger partial charge in [-0.1, -0.05) is 12.1 Å². The van der Waals surface area contributed by atoms with Crippen LogP contribution >= 0.6 is 0 Å². The molecule has 0 aromatic heterocycles. The molecule has 1 aliphatic heterocycles. The first-order valence-corrected chi connectivity index (χ1v) is 9.06. The average Bonchev–Trinajstić information content (AvgIpc) is 2.61. The Bertz CT molecular complexity index is 644. The Hall–Kier alpha value is -2.29. The van der Waals surface area contributed by atoms with Crippen LogP contribution in [0.3, 0.4) is 0 Å². The fourth-order valence-electron chi connectivity index (χ4n) is 3.17. The first kappa shape index (κ1) is 21.0. The third-order valence-electron chi connectivity index (χ3n) is 4.65. The highest BCUT2D eigenvalue weighted by atomic mass is 19.4. The largest absolute Gasteiger partial charge is 0.416 e. The molecule has 6 nitrogen and oxygen atoms in total. The maximum atomic E-state index is 12.8. The van der Waals surface area contributed by atoms with Crippen molar-refractivity contribution in [2.75, 3.05) is 32.7 Å². The second-order valence-electron chi connectivity index (χ2n) is 6.75. The van der Waals surface area contributed by atoms with Gasteiger partial charge >= 0.3 is 12.2 Å². The van der Waals surface area contributed by atoms with E-state index >= 15 is 0 Å². The zero-order valence-electron chi connectivity index (χ0n) is 15.1. The van der Waals surface area contributed by atoms with E-state index in [2.05, 4.69) is 5.32 Å². The number of piperazine rings is 1. The summed E-state index contributed by atoms with van der Waals surface area (Å²) in [6, 6.07) is 4.85. The van der Waals surface area contributed by atoms with Crippen LogP contribution in [0, 0.1) is 0 Å². The van der Waals surface area contributed by atoms with Crippen LogP contribution in [-0.2, 0) is 17.5 Å². The normalized spacial score (nSPS) is 15.6. The number of carbonyl (C=O) groups excluding carboxylic acids is 2.